The molecule has 3 N–H and O–H groups in total. The zero-order valence-electron chi connectivity index (χ0n) is 10.3. The average Bonchev–Trinajstić information content (AvgIpc) is 3.15. The summed E-state index contributed by atoms with van der Waals surface area (Å²) >= 11 is 1.73. The van der Waals surface area contributed by atoms with E-state index in [1.807, 2.05) is 6.07 Å². The summed E-state index contributed by atoms with van der Waals surface area (Å²) in [5, 5.41) is 5.73. The van der Waals surface area contributed by atoms with Crippen LogP contribution in [0.15, 0.2) is 41.8 Å². The predicted molar refractivity (Wildman–Crippen MR) is 77.5 cm³/mol. The lowest BCUT2D eigenvalue weighted by molar-refractivity contribution is 0.483. The third-order valence-corrected chi connectivity index (χ3v) is 4.45. The minimum atomic E-state index is 0.479. The van der Waals surface area contributed by atoms with E-state index in [1.54, 1.807) is 11.3 Å². The topological polar surface area (TPSA) is 38.0 Å². The Hall–Kier alpha value is -1.32. The van der Waals surface area contributed by atoms with Gasteiger partial charge in [-0.1, -0.05) is 30.3 Å². The van der Waals surface area contributed by atoms with Crippen LogP contribution in [-0.2, 0) is 6.54 Å². The SMILES string of the molecule is Nc1ccsc1CNC(c1ccccc1)C1CC1. The zero-order chi connectivity index (χ0) is 12.4. The van der Waals surface area contributed by atoms with Crippen LogP contribution in [0.4, 0.5) is 5.69 Å². The van der Waals surface area contributed by atoms with Gasteiger partial charge in [-0.2, -0.15) is 0 Å². The van der Waals surface area contributed by atoms with Crippen LogP contribution in [0, 0.1) is 5.92 Å². The first-order valence-electron chi connectivity index (χ1n) is 6.45. The molecule has 1 aromatic heterocycles. The number of nitrogens with one attached hydrogen (secondary N) is 1. The van der Waals surface area contributed by atoms with Crippen molar-refractivity contribution in [2.75, 3.05) is 5.73 Å². The quantitative estimate of drug-likeness (QED) is 0.860. The van der Waals surface area contributed by atoms with E-state index in [0.717, 1.165) is 18.2 Å². The number of thiophene rings is 1. The van der Waals surface area contributed by atoms with Crippen LogP contribution in [-0.4, -0.2) is 0 Å². The number of benzene rings is 1. The van der Waals surface area contributed by atoms with Gasteiger partial charge in [0.1, 0.15) is 0 Å². The first-order valence-corrected chi connectivity index (χ1v) is 7.33. The minimum absolute atomic E-state index is 0.479. The molecule has 3 heteroatoms. The molecule has 1 heterocycles. The van der Waals surface area contributed by atoms with Gasteiger partial charge in [-0.3, -0.25) is 0 Å². The summed E-state index contributed by atoms with van der Waals surface area (Å²) in [4.78, 5) is 1.25. The van der Waals surface area contributed by atoms with E-state index in [0.29, 0.717) is 6.04 Å². The van der Waals surface area contributed by atoms with Crippen LogP contribution in [0.3, 0.4) is 0 Å². The number of rotatable bonds is 5. The Morgan fingerprint density at radius 3 is 2.61 bits per heavy atom. The lowest BCUT2D eigenvalue weighted by atomic mass is 10.0. The highest BCUT2D eigenvalue weighted by atomic mass is 32.1. The van der Waals surface area contributed by atoms with Gasteiger partial charge < -0.3 is 11.1 Å². The fraction of sp³-hybridized carbons (Fsp3) is 0.333. The van der Waals surface area contributed by atoms with Gasteiger partial charge in [0.2, 0.25) is 0 Å². The molecule has 1 aliphatic carbocycles. The normalized spacial score (nSPS) is 16.7. The van der Waals surface area contributed by atoms with Crippen molar-refractivity contribution in [2.45, 2.75) is 25.4 Å². The molecule has 0 aliphatic heterocycles. The van der Waals surface area contributed by atoms with E-state index in [4.69, 9.17) is 5.73 Å². The molecule has 2 nitrogen and oxygen atoms in total. The summed E-state index contributed by atoms with van der Waals surface area (Å²) < 4.78 is 0. The number of hydrogen-bond donors (Lipinski definition) is 2. The summed E-state index contributed by atoms with van der Waals surface area (Å²) in [7, 11) is 0. The number of anilines is 1. The smallest absolute Gasteiger partial charge is 0.0468 e. The molecule has 0 saturated heterocycles. The highest BCUT2D eigenvalue weighted by molar-refractivity contribution is 7.10. The Bertz CT molecular complexity index is 502. The minimum Gasteiger partial charge on any atom is -0.398 e. The van der Waals surface area contributed by atoms with Crippen LogP contribution in [0.2, 0.25) is 0 Å². The second-order valence-corrected chi connectivity index (χ2v) is 5.91. The van der Waals surface area contributed by atoms with Crippen LogP contribution >= 0.6 is 11.3 Å². The highest BCUT2D eigenvalue weighted by Gasteiger charge is 2.31. The van der Waals surface area contributed by atoms with E-state index in [-0.39, 0.29) is 0 Å². The molecule has 1 atom stereocenters. The molecule has 1 aliphatic rings. The second kappa shape index (κ2) is 5.12. The van der Waals surface area contributed by atoms with Crippen molar-refractivity contribution in [3.63, 3.8) is 0 Å². The monoisotopic (exact) mass is 258 g/mol. The van der Waals surface area contributed by atoms with E-state index in [9.17, 15) is 0 Å². The number of hydrogen-bond acceptors (Lipinski definition) is 3. The Morgan fingerprint density at radius 1 is 1.22 bits per heavy atom. The molecule has 3 rings (SSSR count). The van der Waals surface area contributed by atoms with Gasteiger partial charge in [0.05, 0.1) is 0 Å². The van der Waals surface area contributed by atoms with Crippen molar-refractivity contribution in [1.82, 2.24) is 5.32 Å². The fourth-order valence-corrected chi connectivity index (χ4v) is 3.09. The third-order valence-electron chi connectivity index (χ3n) is 3.51. The summed E-state index contributed by atoms with van der Waals surface area (Å²) in [5.74, 6) is 0.800. The van der Waals surface area contributed by atoms with Gasteiger partial charge in [0, 0.05) is 23.2 Å². The molecule has 0 spiro atoms. The van der Waals surface area contributed by atoms with Crippen molar-refractivity contribution < 1.29 is 0 Å². The van der Waals surface area contributed by atoms with Crippen molar-refractivity contribution in [3.8, 4) is 0 Å². The van der Waals surface area contributed by atoms with Crippen molar-refractivity contribution in [1.29, 1.82) is 0 Å². The lowest BCUT2D eigenvalue weighted by Gasteiger charge is -2.18. The molecule has 1 saturated carbocycles. The first kappa shape index (κ1) is 11.8. The first-order chi connectivity index (χ1) is 8.84. The molecule has 0 amide bonds. The molecule has 1 unspecified atom stereocenters. The van der Waals surface area contributed by atoms with E-state index in [2.05, 4.69) is 41.0 Å². The standard InChI is InChI=1S/C15H18N2S/c16-13-8-9-18-14(13)10-17-15(12-6-7-12)11-4-2-1-3-5-11/h1-5,8-9,12,15,17H,6-7,10,16H2. The number of nitrogens with two attached hydrogens (primary N) is 1. The molecule has 1 fully saturated rings. The highest BCUT2D eigenvalue weighted by Crippen LogP contribution is 2.41. The van der Waals surface area contributed by atoms with Crippen LogP contribution in [0.25, 0.3) is 0 Å². The Labute approximate surface area is 112 Å². The van der Waals surface area contributed by atoms with Gasteiger partial charge in [-0.15, -0.1) is 11.3 Å². The maximum atomic E-state index is 5.93. The molecule has 0 radical (unpaired) electrons. The largest absolute Gasteiger partial charge is 0.398 e. The van der Waals surface area contributed by atoms with E-state index < -0.39 is 0 Å². The third kappa shape index (κ3) is 2.57. The van der Waals surface area contributed by atoms with E-state index in [1.165, 1.54) is 23.3 Å². The Balaban J connectivity index is 1.70. The van der Waals surface area contributed by atoms with Gasteiger partial charge in [0.25, 0.3) is 0 Å². The maximum absolute atomic E-state index is 5.93. The zero-order valence-corrected chi connectivity index (χ0v) is 11.1. The molecule has 1 aromatic carbocycles. The van der Waals surface area contributed by atoms with Crippen LogP contribution in [0.5, 0.6) is 0 Å². The van der Waals surface area contributed by atoms with Crippen molar-refractivity contribution in [3.05, 3.63) is 52.2 Å². The molecule has 18 heavy (non-hydrogen) atoms. The van der Waals surface area contributed by atoms with Gasteiger partial charge in [-0.25, -0.2) is 0 Å². The molecule has 94 valence electrons. The maximum Gasteiger partial charge on any atom is 0.0468 e. The molecular formula is C15H18N2S. The summed E-state index contributed by atoms with van der Waals surface area (Å²) in [6, 6.07) is 13.2. The van der Waals surface area contributed by atoms with Gasteiger partial charge in [0.15, 0.2) is 0 Å². The number of nitrogen functional groups attached to an aromatic ring is 1. The predicted octanol–water partition coefficient (Wildman–Crippen LogP) is 3.57. The summed E-state index contributed by atoms with van der Waals surface area (Å²) in [5.41, 5.74) is 8.24. The van der Waals surface area contributed by atoms with Crippen molar-refractivity contribution >= 4 is 17.0 Å². The van der Waals surface area contributed by atoms with E-state index >= 15 is 0 Å². The summed E-state index contributed by atoms with van der Waals surface area (Å²) in [6.45, 7) is 0.875. The van der Waals surface area contributed by atoms with Crippen molar-refractivity contribution in [2.24, 2.45) is 5.92 Å². The molecule has 2 aromatic rings. The van der Waals surface area contributed by atoms with Gasteiger partial charge in [-0.05, 0) is 35.8 Å². The molecule has 0 bridgehead atoms. The fourth-order valence-electron chi connectivity index (χ4n) is 2.34. The second-order valence-electron chi connectivity index (χ2n) is 4.91. The Morgan fingerprint density at radius 2 is 2.00 bits per heavy atom. The average molecular weight is 258 g/mol. The lowest BCUT2D eigenvalue weighted by Crippen LogP contribution is -2.22. The summed E-state index contributed by atoms with van der Waals surface area (Å²) in [6.07, 6.45) is 2.68. The van der Waals surface area contributed by atoms with Gasteiger partial charge >= 0.3 is 0 Å². The molecular weight excluding hydrogens is 240 g/mol. The van der Waals surface area contributed by atoms with Crippen LogP contribution < -0.4 is 11.1 Å². The van der Waals surface area contributed by atoms with Crippen LogP contribution in [0.1, 0.15) is 29.3 Å². The Kier molecular flexibility index (Phi) is 3.35.